The van der Waals surface area contributed by atoms with Crippen molar-refractivity contribution in [3.8, 4) is 11.3 Å². The Labute approximate surface area is 113 Å². The third-order valence-corrected chi connectivity index (χ3v) is 3.03. The molecule has 0 amide bonds. The molecule has 1 heterocycles. The zero-order valence-electron chi connectivity index (χ0n) is 11.6. The van der Waals surface area contributed by atoms with Crippen LogP contribution in [0.2, 0.25) is 0 Å². The smallest absolute Gasteiger partial charge is 0.126 e. The van der Waals surface area contributed by atoms with Gasteiger partial charge in [0.2, 0.25) is 0 Å². The predicted octanol–water partition coefficient (Wildman–Crippen LogP) is 3.06. The van der Waals surface area contributed by atoms with Crippen LogP contribution in [0.15, 0.2) is 24.4 Å². The zero-order valence-corrected chi connectivity index (χ0v) is 11.6. The molecule has 0 saturated heterocycles. The van der Waals surface area contributed by atoms with E-state index in [1.165, 1.54) is 0 Å². The molecule has 0 saturated carbocycles. The summed E-state index contributed by atoms with van der Waals surface area (Å²) in [5.74, 6) is 0.735. The Bertz CT molecular complexity index is 546. The monoisotopic (exact) mass is 261 g/mol. The fraction of sp³-hybridized carbons (Fsp3) is 0.400. The van der Waals surface area contributed by atoms with Gasteiger partial charge in [0.1, 0.15) is 11.6 Å². The molecule has 2 N–H and O–H groups in total. The zero-order chi connectivity index (χ0) is 13.8. The molecule has 0 aliphatic carbocycles. The first-order valence-electron chi connectivity index (χ1n) is 6.60. The molecule has 2 rings (SSSR count). The van der Waals surface area contributed by atoms with Crippen LogP contribution in [0.25, 0.3) is 11.3 Å². The van der Waals surface area contributed by atoms with Crippen LogP contribution in [0.3, 0.4) is 0 Å². The number of benzene rings is 1. The second-order valence-corrected chi connectivity index (χ2v) is 5.07. The van der Waals surface area contributed by atoms with Crippen LogP contribution < -0.4 is 5.32 Å². The molecular weight excluding hydrogens is 241 g/mol. The van der Waals surface area contributed by atoms with E-state index in [1.54, 1.807) is 25.3 Å². The van der Waals surface area contributed by atoms with Crippen LogP contribution in [-0.2, 0) is 6.42 Å². The molecule has 0 aliphatic heterocycles. The molecule has 3 nitrogen and oxygen atoms in total. The number of imidazole rings is 1. The molecule has 1 aromatic heterocycles. The number of hydrogen-bond donors (Lipinski definition) is 2. The summed E-state index contributed by atoms with van der Waals surface area (Å²) in [5.41, 5.74) is 2.35. The van der Waals surface area contributed by atoms with Gasteiger partial charge in [-0.15, -0.1) is 0 Å². The van der Waals surface area contributed by atoms with Gasteiger partial charge in [0.05, 0.1) is 11.9 Å². The summed E-state index contributed by atoms with van der Waals surface area (Å²) in [6.07, 6.45) is 2.60. The number of hydrogen-bond acceptors (Lipinski definition) is 2. The van der Waals surface area contributed by atoms with Gasteiger partial charge in [-0.2, -0.15) is 0 Å². The third kappa shape index (κ3) is 3.64. The maximum atomic E-state index is 13.5. The van der Waals surface area contributed by atoms with Gasteiger partial charge in [-0.1, -0.05) is 26.0 Å². The number of nitrogens with zero attached hydrogens (tertiary/aromatic N) is 1. The van der Waals surface area contributed by atoms with Gasteiger partial charge in [-0.3, -0.25) is 0 Å². The minimum atomic E-state index is -0.185. The molecule has 19 heavy (non-hydrogen) atoms. The Morgan fingerprint density at radius 3 is 2.84 bits per heavy atom. The van der Waals surface area contributed by atoms with Crippen molar-refractivity contribution in [3.05, 3.63) is 41.6 Å². The van der Waals surface area contributed by atoms with E-state index in [9.17, 15) is 4.39 Å². The minimum Gasteiger partial charge on any atom is -0.342 e. The highest BCUT2D eigenvalue weighted by Gasteiger charge is 2.06. The van der Waals surface area contributed by atoms with E-state index in [-0.39, 0.29) is 5.82 Å². The lowest BCUT2D eigenvalue weighted by Crippen LogP contribution is -2.25. The Hall–Kier alpha value is -1.68. The van der Waals surface area contributed by atoms with E-state index in [1.807, 2.05) is 6.07 Å². The summed E-state index contributed by atoms with van der Waals surface area (Å²) in [4.78, 5) is 7.56. The van der Waals surface area contributed by atoms with Gasteiger partial charge in [-0.25, -0.2) is 9.37 Å². The van der Waals surface area contributed by atoms with E-state index in [0.717, 1.165) is 30.0 Å². The van der Waals surface area contributed by atoms with Crippen molar-refractivity contribution in [3.63, 3.8) is 0 Å². The quantitative estimate of drug-likeness (QED) is 0.868. The van der Waals surface area contributed by atoms with Gasteiger partial charge in [0.15, 0.2) is 0 Å². The summed E-state index contributed by atoms with van der Waals surface area (Å²) in [6, 6.07) is 5.70. The van der Waals surface area contributed by atoms with Crippen LogP contribution in [0.5, 0.6) is 0 Å². The summed E-state index contributed by atoms with van der Waals surface area (Å²) in [6.45, 7) is 6.87. The highest BCUT2D eigenvalue weighted by atomic mass is 19.1. The average molecular weight is 261 g/mol. The molecule has 0 unspecified atom stereocenters. The molecule has 0 spiro atoms. The number of halogens is 1. The molecule has 0 aliphatic rings. The topological polar surface area (TPSA) is 40.7 Å². The van der Waals surface area contributed by atoms with E-state index in [0.29, 0.717) is 11.6 Å². The first kappa shape index (κ1) is 13.7. The molecule has 4 heteroatoms. The Morgan fingerprint density at radius 1 is 1.37 bits per heavy atom. The van der Waals surface area contributed by atoms with Crippen LogP contribution in [0, 0.1) is 12.7 Å². The number of aromatic amines is 1. The second-order valence-electron chi connectivity index (χ2n) is 5.07. The lowest BCUT2D eigenvalue weighted by molar-refractivity contribution is 0.584. The molecular formula is C15H20FN3. The Kier molecular flexibility index (Phi) is 4.32. The van der Waals surface area contributed by atoms with Crippen molar-refractivity contribution in [1.82, 2.24) is 15.3 Å². The Balaban J connectivity index is 2.05. The van der Waals surface area contributed by atoms with E-state index in [4.69, 9.17) is 0 Å². The van der Waals surface area contributed by atoms with Crippen LogP contribution in [0.4, 0.5) is 4.39 Å². The number of aryl methyl sites for hydroxylation is 1. The highest BCUT2D eigenvalue weighted by molar-refractivity contribution is 5.59. The summed E-state index contributed by atoms with van der Waals surface area (Å²) in [7, 11) is 0. The minimum absolute atomic E-state index is 0.185. The lowest BCUT2D eigenvalue weighted by atomic mass is 10.1. The molecule has 0 radical (unpaired) electrons. The molecule has 102 valence electrons. The molecule has 0 atom stereocenters. The van der Waals surface area contributed by atoms with E-state index >= 15 is 0 Å². The fourth-order valence-corrected chi connectivity index (χ4v) is 1.88. The molecule has 0 fully saturated rings. The average Bonchev–Trinajstić information content (AvgIpc) is 2.81. The summed E-state index contributed by atoms with van der Waals surface area (Å²) < 4.78 is 13.5. The van der Waals surface area contributed by atoms with Crippen molar-refractivity contribution in [2.45, 2.75) is 33.2 Å². The van der Waals surface area contributed by atoms with Gasteiger partial charge in [0.25, 0.3) is 0 Å². The van der Waals surface area contributed by atoms with Crippen molar-refractivity contribution < 1.29 is 4.39 Å². The van der Waals surface area contributed by atoms with Crippen molar-refractivity contribution in [2.24, 2.45) is 0 Å². The number of rotatable bonds is 5. The summed E-state index contributed by atoms with van der Waals surface area (Å²) >= 11 is 0. The maximum Gasteiger partial charge on any atom is 0.126 e. The number of aromatic nitrogens is 2. The highest BCUT2D eigenvalue weighted by Crippen LogP contribution is 2.20. The van der Waals surface area contributed by atoms with Gasteiger partial charge >= 0.3 is 0 Å². The van der Waals surface area contributed by atoms with Crippen molar-refractivity contribution >= 4 is 0 Å². The fourth-order valence-electron chi connectivity index (χ4n) is 1.88. The molecule has 2 aromatic rings. The standard InChI is InChI=1S/C15H20FN3/c1-10(2)17-7-6-15-18-9-14(19-15)12-5-4-11(3)13(16)8-12/h4-5,8-10,17H,6-7H2,1-3H3,(H,18,19). The first-order valence-corrected chi connectivity index (χ1v) is 6.60. The normalized spacial score (nSPS) is 11.2. The van der Waals surface area contributed by atoms with Gasteiger partial charge in [-0.05, 0) is 18.6 Å². The molecule has 0 bridgehead atoms. The first-order chi connectivity index (χ1) is 9.06. The van der Waals surface area contributed by atoms with Crippen LogP contribution in [-0.4, -0.2) is 22.6 Å². The molecule has 1 aromatic carbocycles. The van der Waals surface area contributed by atoms with Gasteiger partial charge in [0, 0.05) is 24.6 Å². The second kappa shape index (κ2) is 5.97. The third-order valence-electron chi connectivity index (χ3n) is 3.03. The number of H-pyrrole nitrogens is 1. The Morgan fingerprint density at radius 2 is 2.16 bits per heavy atom. The summed E-state index contributed by atoms with van der Waals surface area (Å²) in [5, 5.41) is 3.34. The predicted molar refractivity (Wildman–Crippen MR) is 75.6 cm³/mol. The van der Waals surface area contributed by atoms with E-state index < -0.39 is 0 Å². The largest absolute Gasteiger partial charge is 0.342 e. The van der Waals surface area contributed by atoms with Crippen molar-refractivity contribution in [1.29, 1.82) is 0 Å². The van der Waals surface area contributed by atoms with E-state index in [2.05, 4.69) is 29.1 Å². The number of nitrogens with one attached hydrogen (secondary N) is 2. The lowest BCUT2D eigenvalue weighted by Gasteiger charge is -2.05. The van der Waals surface area contributed by atoms with Gasteiger partial charge < -0.3 is 10.3 Å². The maximum absolute atomic E-state index is 13.5. The van der Waals surface area contributed by atoms with Crippen LogP contribution in [0.1, 0.15) is 25.2 Å². The van der Waals surface area contributed by atoms with Crippen molar-refractivity contribution in [2.75, 3.05) is 6.54 Å². The SMILES string of the molecule is Cc1ccc(-c2cnc(CCNC(C)C)[nH]2)cc1F. The van der Waals surface area contributed by atoms with Crippen LogP contribution >= 0.6 is 0 Å².